The summed E-state index contributed by atoms with van der Waals surface area (Å²) in [5.74, 6) is 0.498. The Morgan fingerprint density at radius 3 is 2.79 bits per heavy atom. The number of nitrogens with zero attached hydrogens (tertiary/aromatic N) is 3. The van der Waals surface area contributed by atoms with Gasteiger partial charge in [-0.15, -0.1) is 0 Å². The summed E-state index contributed by atoms with van der Waals surface area (Å²) in [4.78, 5) is 8.76. The number of anilines is 2. The third kappa shape index (κ3) is 5.74. The maximum Gasteiger partial charge on any atom is 0.227 e. The van der Waals surface area contributed by atoms with Gasteiger partial charge in [-0.2, -0.15) is 5.26 Å². The van der Waals surface area contributed by atoms with Crippen molar-refractivity contribution in [2.45, 2.75) is 18.9 Å². The smallest absolute Gasteiger partial charge is 0.227 e. The van der Waals surface area contributed by atoms with Crippen LogP contribution in [-0.2, 0) is 4.74 Å². The Morgan fingerprint density at radius 2 is 2.00 bits per heavy atom. The number of nitrogens with two attached hydrogens (primary N) is 1. The molecular formula is C24H24FN5O3. The Balaban J connectivity index is 1.52. The molecule has 0 spiro atoms. The van der Waals surface area contributed by atoms with Gasteiger partial charge in [-0.25, -0.2) is 14.4 Å². The fourth-order valence-corrected chi connectivity index (χ4v) is 3.42. The van der Waals surface area contributed by atoms with Crippen LogP contribution in [0.5, 0.6) is 11.5 Å². The van der Waals surface area contributed by atoms with E-state index >= 15 is 0 Å². The molecule has 0 amide bonds. The number of nitrogens with one attached hydrogen (secondary N) is 1. The lowest BCUT2D eigenvalue weighted by atomic mass is 10.1. The van der Waals surface area contributed by atoms with E-state index in [0.717, 1.165) is 18.4 Å². The number of benzene rings is 2. The molecule has 8 nitrogen and oxygen atoms in total. The van der Waals surface area contributed by atoms with Gasteiger partial charge in [-0.05, 0) is 36.4 Å². The van der Waals surface area contributed by atoms with E-state index < -0.39 is 5.82 Å². The zero-order chi connectivity index (χ0) is 23.0. The maximum absolute atomic E-state index is 13.9. The lowest BCUT2D eigenvalue weighted by Crippen LogP contribution is -2.26. The van der Waals surface area contributed by atoms with Crippen LogP contribution in [0.1, 0.15) is 18.4 Å². The maximum atomic E-state index is 13.9. The number of nitriles is 1. The molecule has 3 aromatic rings. The number of aromatic nitrogens is 2. The second-order valence-corrected chi connectivity index (χ2v) is 7.43. The minimum absolute atomic E-state index is 0.0426. The van der Waals surface area contributed by atoms with Gasteiger partial charge in [0.1, 0.15) is 24.5 Å². The van der Waals surface area contributed by atoms with Gasteiger partial charge in [0.05, 0.1) is 24.5 Å². The van der Waals surface area contributed by atoms with Crippen molar-refractivity contribution in [3.05, 3.63) is 60.0 Å². The standard InChI is InChI=1S/C24H24FN5O3/c25-20-3-2-18(14-23(20)32-12-8-26)29-24-28-9-5-21(30-24)16-1-4-22(17(13-16)15-27)33-19-6-10-31-11-7-19/h1-5,9,13-14,19H,6-8,10-12,26H2,(H,28,29,30). The van der Waals surface area contributed by atoms with Crippen LogP contribution in [0.2, 0.25) is 0 Å². The minimum Gasteiger partial charge on any atom is -0.489 e. The molecule has 3 N–H and O–H groups in total. The zero-order valence-electron chi connectivity index (χ0n) is 18.0. The van der Waals surface area contributed by atoms with Gasteiger partial charge in [0.2, 0.25) is 5.95 Å². The van der Waals surface area contributed by atoms with Crippen molar-refractivity contribution in [2.24, 2.45) is 5.73 Å². The predicted octanol–water partition coefficient (Wildman–Crippen LogP) is 3.79. The van der Waals surface area contributed by atoms with Crippen molar-refractivity contribution < 1.29 is 18.6 Å². The van der Waals surface area contributed by atoms with Crippen LogP contribution < -0.4 is 20.5 Å². The van der Waals surface area contributed by atoms with Crippen molar-refractivity contribution >= 4 is 11.6 Å². The number of halogens is 1. The van der Waals surface area contributed by atoms with Crippen molar-refractivity contribution in [2.75, 3.05) is 31.7 Å². The Kier molecular flexibility index (Phi) is 7.29. The number of rotatable bonds is 8. The van der Waals surface area contributed by atoms with Crippen LogP contribution in [0.3, 0.4) is 0 Å². The summed E-state index contributed by atoms with van der Waals surface area (Å²) in [5.41, 5.74) is 7.81. The van der Waals surface area contributed by atoms with Crippen LogP contribution in [0.25, 0.3) is 11.3 Å². The first kappa shape index (κ1) is 22.5. The molecule has 0 aliphatic carbocycles. The van der Waals surface area contributed by atoms with Gasteiger partial charge in [0.15, 0.2) is 11.6 Å². The monoisotopic (exact) mass is 449 g/mol. The summed E-state index contributed by atoms with van der Waals surface area (Å²) >= 11 is 0. The fraction of sp³-hybridized carbons (Fsp3) is 0.292. The number of hydrogen-bond donors (Lipinski definition) is 2. The highest BCUT2D eigenvalue weighted by atomic mass is 19.1. The second-order valence-electron chi connectivity index (χ2n) is 7.43. The summed E-state index contributed by atoms with van der Waals surface area (Å²) in [6.07, 6.45) is 3.26. The molecule has 1 aliphatic heterocycles. The second kappa shape index (κ2) is 10.7. The van der Waals surface area contributed by atoms with Crippen LogP contribution >= 0.6 is 0 Å². The first-order valence-electron chi connectivity index (χ1n) is 10.7. The Morgan fingerprint density at radius 1 is 1.15 bits per heavy atom. The van der Waals surface area contributed by atoms with E-state index in [9.17, 15) is 9.65 Å². The largest absolute Gasteiger partial charge is 0.489 e. The molecule has 2 heterocycles. The molecule has 1 saturated heterocycles. The number of hydrogen-bond acceptors (Lipinski definition) is 8. The fourth-order valence-electron chi connectivity index (χ4n) is 3.42. The highest BCUT2D eigenvalue weighted by molar-refractivity contribution is 5.66. The van der Waals surface area contributed by atoms with Crippen molar-refractivity contribution in [1.29, 1.82) is 5.26 Å². The molecule has 2 aromatic carbocycles. The Labute approximate surface area is 191 Å². The lowest BCUT2D eigenvalue weighted by Gasteiger charge is -2.23. The molecule has 1 fully saturated rings. The average molecular weight is 449 g/mol. The summed E-state index contributed by atoms with van der Waals surface area (Å²) in [6, 6.07) is 13.7. The summed E-state index contributed by atoms with van der Waals surface area (Å²) < 4.78 is 30.6. The molecule has 170 valence electrons. The molecule has 0 saturated carbocycles. The van der Waals surface area contributed by atoms with Crippen molar-refractivity contribution in [1.82, 2.24) is 9.97 Å². The molecule has 0 atom stereocenters. The molecule has 9 heteroatoms. The highest BCUT2D eigenvalue weighted by Crippen LogP contribution is 2.29. The van der Waals surface area contributed by atoms with Crippen LogP contribution in [0.15, 0.2) is 48.7 Å². The number of ether oxygens (including phenoxy) is 3. The van der Waals surface area contributed by atoms with E-state index in [-0.39, 0.29) is 25.0 Å². The summed E-state index contributed by atoms with van der Waals surface area (Å²) in [6.45, 7) is 1.82. The van der Waals surface area contributed by atoms with E-state index in [2.05, 4.69) is 21.4 Å². The van der Waals surface area contributed by atoms with Gasteiger partial charge < -0.3 is 25.3 Å². The third-order valence-corrected chi connectivity index (χ3v) is 5.08. The summed E-state index contributed by atoms with van der Waals surface area (Å²) in [5, 5.41) is 12.7. The quantitative estimate of drug-likeness (QED) is 0.534. The van der Waals surface area contributed by atoms with Gasteiger partial charge >= 0.3 is 0 Å². The van der Waals surface area contributed by atoms with Crippen LogP contribution in [-0.4, -0.2) is 42.4 Å². The zero-order valence-corrected chi connectivity index (χ0v) is 18.0. The van der Waals surface area contributed by atoms with E-state index in [4.69, 9.17) is 19.9 Å². The molecule has 4 rings (SSSR count). The topological polar surface area (TPSA) is 115 Å². The normalized spacial score (nSPS) is 13.8. The van der Waals surface area contributed by atoms with Crippen molar-refractivity contribution in [3.63, 3.8) is 0 Å². The summed E-state index contributed by atoms with van der Waals surface area (Å²) in [7, 11) is 0. The van der Waals surface area contributed by atoms with Crippen LogP contribution in [0.4, 0.5) is 16.0 Å². The first-order valence-corrected chi connectivity index (χ1v) is 10.7. The van der Waals surface area contributed by atoms with Gasteiger partial charge in [0.25, 0.3) is 0 Å². The third-order valence-electron chi connectivity index (χ3n) is 5.08. The molecule has 1 aromatic heterocycles. The lowest BCUT2D eigenvalue weighted by molar-refractivity contribution is 0.0254. The Bertz CT molecular complexity index is 1150. The predicted molar refractivity (Wildman–Crippen MR) is 121 cm³/mol. The minimum atomic E-state index is -0.476. The van der Waals surface area contributed by atoms with Gasteiger partial charge in [0, 0.05) is 42.9 Å². The molecule has 0 unspecified atom stereocenters. The van der Waals surface area contributed by atoms with E-state index in [1.54, 1.807) is 30.5 Å². The van der Waals surface area contributed by atoms with Gasteiger partial charge in [-0.1, -0.05) is 0 Å². The van der Waals surface area contributed by atoms with E-state index in [1.807, 2.05) is 6.07 Å². The van der Waals surface area contributed by atoms with Crippen molar-refractivity contribution in [3.8, 4) is 28.8 Å². The molecular weight excluding hydrogens is 425 g/mol. The highest BCUT2D eigenvalue weighted by Gasteiger charge is 2.17. The SMILES string of the molecule is N#Cc1cc(-c2ccnc(Nc3ccc(F)c(OCCN)c3)n2)ccc1OC1CCOCC1. The van der Waals surface area contributed by atoms with Crippen LogP contribution in [0, 0.1) is 17.1 Å². The van der Waals surface area contributed by atoms with E-state index in [0.29, 0.717) is 41.9 Å². The Hall–Kier alpha value is -3.74. The first-order chi connectivity index (χ1) is 16.2. The van der Waals surface area contributed by atoms with E-state index in [1.165, 1.54) is 12.1 Å². The van der Waals surface area contributed by atoms with Gasteiger partial charge in [-0.3, -0.25) is 0 Å². The average Bonchev–Trinajstić information content (AvgIpc) is 2.85. The molecule has 1 aliphatic rings. The molecule has 0 radical (unpaired) electrons. The molecule has 33 heavy (non-hydrogen) atoms. The molecule has 0 bridgehead atoms.